The van der Waals surface area contributed by atoms with Gasteiger partial charge in [-0.1, -0.05) is 17.7 Å². The Bertz CT molecular complexity index is 636. The Balaban J connectivity index is 1.78. The molecule has 21 heavy (non-hydrogen) atoms. The van der Waals surface area contributed by atoms with Gasteiger partial charge in [0.05, 0.1) is 11.3 Å². The molecule has 1 aromatic carbocycles. The molecule has 0 saturated carbocycles. The van der Waals surface area contributed by atoms with Gasteiger partial charge < -0.3 is 9.47 Å². The quantitative estimate of drug-likeness (QED) is 0.616. The van der Waals surface area contributed by atoms with Gasteiger partial charge in [-0.15, -0.1) is 0 Å². The standard InChI is InChI=1S/C14H16O6S/c1-9-2-4-10(5-3-9)21(16,17)20-11-6-7-18-12-8-13(15)19-14(11)12/h2-5,11-12,14H,6-8H2,1H3/t11-,12-,14-/m1/s1. The smallest absolute Gasteiger partial charge is 0.309 e. The number of benzene rings is 1. The fraction of sp³-hybridized carbons (Fsp3) is 0.500. The molecule has 3 atom stereocenters. The van der Waals surface area contributed by atoms with E-state index in [1.165, 1.54) is 12.1 Å². The summed E-state index contributed by atoms with van der Waals surface area (Å²) in [4.78, 5) is 11.4. The Morgan fingerprint density at radius 1 is 1.24 bits per heavy atom. The van der Waals surface area contributed by atoms with Crippen LogP contribution in [-0.4, -0.2) is 39.3 Å². The molecule has 0 aromatic heterocycles. The molecule has 0 N–H and O–H groups in total. The number of esters is 1. The summed E-state index contributed by atoms with van der Waals surface area (Å²) in [7, 11) is -3.88. The van der Waals surface area contributed by atoms with Crippen molar-refractivity contribution in [2.24, 2.45) is 0 Å². The van der Waals surface area contributed by atoms with Gasteiger partial charge in [0.25, 0.3) is 10.1 Å². The number of ether oxygens (including phenoxy) is 2. The van der Waals surface area contributed by atoms with Crippen LogP contribution in [0.2, 0.25) is 0 Å². The van der Waals surface area contributed by atoms with Gasteiger partial charge >= 0.3 is 5.97 Å². The van der Waals surface area contributed by atoms with Crippen molar-refractivity contribution < 1.29 is 26.9 Å². The fourth-order valence-corrected chi connectivity index (χ4v) is 3.66. The minimum absolute atomic E-state index is 0.0977. The number of fused-ring (bicyclic) bond motifs is 1. The summed E-state index contributed by atoms with van der Waals surface area (Å²) in [5, 5.41) is 0. The van der Waals surface area contributed by atoms with Crippen LogP contribution in [0, 0.1) is 6.92 Å². The van der Waals surface area contributed by atoms with Crippen LogP contribution in [0.1, 0.15) is 18.4 Å². The zero-order valence-corrected chi connectivity index (χ0v) is 12.3. The zero-order chi connectivity index (χ0) is 15.0. The first-order valence-corrected chi connectivity index (χ1v) is 8.17. The van der Waals surface area contributed by atoms with Crippen molar-refractivity contribution in [2.75, 3.05) is 6.61 Å². The van der Waals surface area contributed by atoms with E-state index in [0.717, 1.165) is 5.56 Å². The molecule has 1 aromatic rings. The van der Waals surface area contributed by atoms with E-state index in [1.54, 1.807) is 12.1 Å². The summed E-state index contributed by atoms with van der Waals surface area (Å²) in [5.74, 6) is -0.381. The van der Waals surface area contributed by atoms with Crippen LogP contribution in [0.25, 0.3) is 0 Å². The molecular weight excluding hydrogens is 296 g/mol. The number of rotatable bonds is 3. The summed E-state index contributed by atoms with van der Waals surface area (Å²) in [6.07, 6.45) is -1.23. The molecule has 2 heterocycles. The van der Waals surface area contributed by atoms with Crippen LogP contribution in [0.4, 0.5) is 0 Å². The maximum absolute atomic E-state index is 12.3. The number of aryl methyl sites for hydroxylation is 1. The maximum Gasteiger partial charge on any atom is 0.309 e. The Hall–Kier alpha value is -1.44. The van der Waals surface area contributed by atoms with E-state index in [-0.39, 0.29) is 17.3 Å². The summed E-state index contributed by atoms with van der Waals surface area (Å²) in [5.41, 5.74) is 0.963. The molecule has 0 spiro atoms. The summed E-state index contributed by atoms with van der Waals surface area (Å²) >= 11 is 0. The number of hydrogen-bond donors (Lipinski definition) is 0. The Morgan fingerprint density at radius 2 is 1.95 bits per heavy atom. The van der Waals surface area contributed by atoms with E-state index >= 15 is 0 Å². The van der Waals surface area contributed by atoms with Crippen molar-refractivity contribution >= 4 is 16.1 Å². The van der Waals surface area contributed by atoms with Crippen LogP contribution < -0.4 is 0 Å². The topological polar surface area (TPSA) is 78.9 Å². The second-order valence-corrected chi connectivity index (χ2v) is 6.83. The first-order valence-electron chi connectivity index (χ1n) is 6.77. The first-order chi connectivity index (χ1) is 9.95. The monoisotopic (exact) mass is 312 g/mol. The van der Waals surface area contributed by atoms with E-state index in [2.05, 4.69) is 0 Å². The second-order valence-electron chi connectivity index (χ2n) is 5.26. The summed E-state index contributed by atoms with van der Waals surface area (Å²) < 4.78 is 40.4. The van der Waals surface area contributed by atoms with Crippen molar-refractivity contribution in [2.45, 2.75) is 43.0 Å². The lowest BCUT2D eigenvalue weighted by Crippen LogP contribution is -2.44. The Morgan fingerprint density at radius 3 is 2.67 bits per heavy atom. The molecule has 0 unspecified atom stereocenters. The second kappa shape index (κ2) is 5.40. The predicted molar refractivity (Wildman–Crippen MR) is 72.1 cm³/mol. The van der Waals surface area contributed by atoms with Gasteiger partial charge in [0.15, 0.2) is 6.10 Å². The van der Waals surface area contributed by atoms with E-state index in [9.17, 15) is 13.2 Å². The van der Waals surface area contributed by atoms with Crippen LogP contribution in [-0.2, 0) is 28.6 Å². The molecule has 0 bridgehead atoms. The minimum atomic E-state index is -3.88. The molecule has 2 fully saturated rings. The van der Waals surface area contributed by atoms with Crippen molar-refractivity contribution in [3.8, 4) is 0 Å². The highest BCUT2D eigenvalue weighted by Gasteiger charge is 2.46. The van der Waals surface area contributed by atoms with Crippen molar-refractivity contribution in [1.29, 1.82) is 0 Å². The molecule has 0 radical (unpaired) electrons. The molecule has 2 aliphatic heterocycles. The highest BCUT2D eigenvalue weighted by molar-refractivity contribution is 7.86. The third-order valence-corrected chi connectivity index (χ3v) is 5.01. The number of hydrogen-bond acceptors (Lipinski definition) is 6. The normalized spacial score (nSPS) is 29.0. The molecule has 6 nitrogen and oxygen atoms in total. The molecule has 2 saturated heterocycles. The number of carbonyl (C=O) groups excluding carboxylic acids is 1. The molecule has 2 aliphatic rings. The molecular formula is C14H16O6S. The molecule has 3 rings (SSSR count). The van der Waals surface area contributed by atoms with Gasteiger partial charge in [-0.05, 0) is 19.1 Å². The third kappa shape index (κ3) is 2.95. The number of carbonyl (C=O) groups is 1. The largest absolute Gasteiger partial charge is 0.457 e. The molecule has 114 valence electrons. The highest BCUT2D eigenvalue weighted by Crippen LogP contribution is 2.30. The highest BCUT2D eigenvalue weighted by atomic mass is 32.2. The lowest BCUT2D eigenvalue weighted by molar-refractivity contribution is -0.150. The molecule has 7 heteroatoms. The van der Waals surface area contributed by atoms with Gasteiger partial charge in [-0.2, -0.15) is 8.42 Å². The van der Waals surface area contributed by atoms with Crippen LogP contribution >= 0.6 is 0 Å². The summed E-state index contributed by atoms with van der Waals surface area (Å²) in [6.45, 7) is 2.23. The van der Waals surface area contributed by atoms with Crippen molar-refractivity contribution in [3.05, 3.63) is 29.8 Å². The van der Waals surface area contributed by atoms with Crippen LogP contribution in [0.5, 0.6) is 0 Å². The van der Waals surface area contributed by atoms with Gasteiger partial charge in [-0.3, -0.25) is 8.98 Å². The average Bonchev–Trinajstić information content (AvgIpc) is 2.80. The van der Waals surface area contributed by atoms with Crippen molar-refractivity contribution in [3.63, 3.8) is 0 Å². The van der Waals surface area contributed by atoms with Gasteiger partial charge in [0.2, 0.25) is 0 Å². The van der Waals surface area contributed by atoms with E-state index in [0.29, 0.717) is 13.0 Å². The molecule has 0 amide bonds. The molecule has 0 aliphatic carbocycles. The van der Waals surface area contributed by atoms with Gasteiger partial charge in [-0.25, -0.2) is 0 Å². The Kier molecular flexibility index (Phi) is 3.73. The van der Waals surface area contributed by atoms with Gasteiger partial charge in [0.1, 0.15) is 12.2 Å². The fourth-order valence-electron chi connectivity index (χ4n) is 2.55. The average molecular weight is 312 g/mol. The third-order valence-electron chi connectivity index (χ3n) is 3.66. The lowest BCUT2D eigenvalue weighted by Gasteiger charge is -2.31. The predicted octanol–water partition coefficient (Wildman–Crippen LogP) is 1.17. The van der Waals surface area contributed by atoms with E-state index in [4.69, 9.17) is 13.7 Å². The van der Waals surface area contributed by atoms with Crippen molar-refractivity contribution in [1.82, 2.24) is 0 Å². The minimum Gasteiger partial charge on any atom is -0.457 e. The van der Waals surface area contributed by atoms with E-state index < -0.39 is 28.4 Å². The van der Waals surface area contributed by atoms with E-state index in [1.807, 2.05) is 6.92 Å². The van der Waals surface area contributed by atoms with Gasteiger partial charge in [0, 0.05) is 13.0 Å². The first kappa shape index (κ1) is 14.5. The maximum atomic E-state index is 12.3. The zero-order valence-electron chi connectivity index (χ0n) is 11.5. The van der Waals surface area contributed by atoms with Crippen LogP contribution in [0.3, 0.4) is 0 Å². The Labute approximate surface area is 123 Å². The van der Waals surface area contributed by atoms with Crippen LogP contribution in [0.15, 0.2) is 29.2 Å². The summed E-state index contributed by atoms with van der Waals surface area (Å²) in [6, 6.07) is 6.42. The lowest BCUT2D eigenvalue weighted by atomic mass is 10.0. The SMILES string of the molecule is Cc1ccc(S(=O)(=O)O[C@@H]2CCO[C@@H]3CC(=O)O[C@@H]32)cc1.